The molecule has 0 atom stereocenters. The molecule has 0 saturated heterocycles. The van der Waals surface area contributed by atoms with Crippen molar-refractivity contribution >= 4 is 6.09 Å². The third kappa shape index (κ3) is 6.55. The first-order valence-electron chi connectivity index (χ1n) is 4.84. The van der Waals surface area contributed by atoms with Crippen LogP contribution in [0.5, 0.6) is 0 Å². The summed E-state index contributed by atoms with van der Waals surface area (Å²) < 4.78 is 5.20. The summed E-state index contributed by atoms with van der Waals surface area (Å²) in [7, 11) is 0. The second-order valence-electron chi connectivity index (χ2n) is 3.95. The number of nitrogens with zero attached hydrogens (tertiary/aromatic N) is 1. The SMILES string of the molecule is C=C/C=C\N(/C=C\C)C(=O)OC(C)(C)C. The molecule has 0 aromatic carbocycles. The van der Waals surface area contributed by atoms with Crippen LogP contribution in [0.25, 0.3) is 0 Å². The van der Waals surface area contributed by atoms with Crippen LogP contribution in [0.15, 0.2) is 37.2 Å². The highest BCUT2D eigenvalue weighted by molar-refractivity contribution is 5.70. The minimum Gasteiger partial charge on any atom is -0.443 e. The van der Waals surface area contributed by atoms with Crippen molar-refractivity contribution in [1.82, 2.24) is 4.90 Å². The smallest absolute Gasteiger partial charge is 0.418 e. The predicted molar refractivity (Wildman–Crippen MR) is 62.2 cm³/mol. The van der Waals surface area contributed by atoms with Gasteiger partial charge in [0.05, 0.1) is 0 Å². The van der Waals surface area contributed by atoms with E-state index in [-0.39, 0.29) is 0 Å². The standard InChI is InChI=1S/C12H19NO2/c1-6-8-10-13(9-7-2)11(14)15-12(3,4)5/h6-10H,1H2,2-5H3/b9-7-,10-8-. The molecule has 0 spiro atoms. The van der Waals surface area contributed by atoms with E-state index in [1.165, 1.54) is 4.90 Å². The Labute approximate surface area is 91.7 Å². The molecule has 0 fully saturated rings. The zero-order valence-corrected chi connectivity index (χ0v) is 9.86. The van der Waals surface area contributed by atoms with Gasteiger partial charge < -0.3 is 4.74 Å². The minimum atomic E-state index is -0.487. The zero-order chi connectivity index (χ0) is 11.9. The van der Waals surface area contributed by atoms with Crippen LogP contribution in [0.2, 0.25) is 0 Å². The maximum Gasteiger partial charge on any atom is 0.418 e. The van der Waals surface area contributed by atoms with Crippen molar-refractivity contribution in [3.05, 3.63) is 37.2 Å². The molecule has 84 valence electrons. The normalized spacial score (nSPS) is 12.0. The second-order valence-corrected chi connectivity index (χ2v) is 3.95. The van der Waals surface area contributed by atoms with E-state index < -0.39 is 11.7 Å². The number of carbonyl (C=O) groups is 1. The monoisotopic (exact) mass is 209 g/mol. The summed E-state index contributed by atoms with van der Waals surface area (Å²) in [5.41, 5.74) is -0.487. The lowest BCUT2D eigenvalue weighted by atomic mass is 10.2. The third-order valence-electron chi connectivity index (χ3n) is 1.30. The molecule has 0 bridgehead atoms. The van der Waals surface area contributed by atoms with E-state index in [1.54, 1.807) is 30.6 Å². The average Bonchev–Trinajstić information content (AvgIpc) is 2.09. The van der Waals surface area contributed by atoms with Crippen molar-refractivity contribution in [1.29, 1.82) is 0 Å². The maximum atomic E-state index is 11.6. The molecule has 0 unspecified atom stereocenters. The largest absolute Gasteiger partial charge is 0.443 e. The molecule has 0 aliphatic rings. The van der Waals surface area contributed by atoms with Gasteiger partial charge in [-0.1, -0.05) is 18.7 Å². The summed E-state index contributed by atoms with van der Waals surface area (Å²) in [6.07, 6.45) is 7.86. The highest BCUT2D eigenvalue weighted by Crippen LogP contribution is 2.10. The van der Waals surface area contributed by atoms with Gasteiger partial charge in [0.15, 0.2) is 0 Å². The lowest BCUT2D eigenvalue weighted by molar-refractivity contribution is 0.0399. The quantitative estimate of drug-likeness (QED) is 0.666. The Morgan fingerprint density at radius 1 is 1.33 bits per heavy atom. The van der Waals surface area contributed by atoms with Gasteiger partial charge in [0.1, 0.15) is 5.60 Å². The number of carbonyl (C=O) groups excluding carboxylic acids is 1. The molecule has 0 N–H and O–H groups in total. The summed E-state index contributed by atoms with van der Waals surface area (Å²) in [4.78, 5) is 13.0. The van der Waals surface area contributed by atoms with Gasteiger partial charge >= 0.3 is 6.09 Å². The summed E-state index contributed by atoms with van der Waals surface area (Å²) in [5, 5.41) is 0. The fourth-order valence-electron chi connectivity index (χ4n) is 0.800. The summed E-state index contributed by atoms with van der Waals surface area (Å²) >= 11 is 0. The summed E-state index contributed by atoms with van der Waals surface area (Å²) in [5.74, 6) is 0. The Morgan fingerprint density at radius 2 is 1.93 bits per heavy atom. The van der Waals surface area contributed by atoms with Crippen molar-refractivity contribution in [2.24, 2.45) is 0 Å². The Kier molecular flexibility index (Phi) is 5.45. The van der Waals surface area contributed by atoms with E-state index in [0.717, 1.165) is 0 Å². The van der Waals surface area contributed by atoms with Crippen molar-refractivity contribution in [3.8, 4) is 0 Å². The molecule has 0 aromatic heterocycles. The second kappa shape index (κ2) is 6.06. The topological polar surface area (TPSA) is 29.5 Å². The number of amides is 1. The van der Waals surface area contributed by atoms with Crippen molar-refractivity contribution < 1.29 is 9.53 Å². The molecule has 1 amide bonds. The lowest BCUT2D eigenvalue weighted by Gasteiger charge is -2.23. The maximum absolute atomic E-state index is 11.6. The van der Waals surface area contributed by atoms with Crippen LogP contribution in [-0.4, -0.2) is 16.6 Å². The third-order valence-corrected chi connectivity index (χ3v) is 1.30. The molecule has 0 saturated carbocycles. The van der Waals surface area contributed by atoms with Gasteiger partial charge in [-0.3, -0.25) is 4.90 Å². The first kappa shape index (κ1) is 13.5. The number of ether oxygens (including phenoxy) is 1. The Hall–Kier alpha value is -1.51. The first-order chi connectivity index (χ1) is 6.90. The molecule has 15 heavy (non-hydrogen) atoms. The van der Waals surface area contributed by atoms with E-state index in [1.807, 2.05) is 27.7 Å². The van der Waals surface area contributed by atoms with Crippen molar-refractivity contribution in [2.45, 2.75) is 33.3 Å². The number of hydrogen-bond acceptors (Lipinski definition) is 2. The molecule has 0 heterocycles. The Bertz CT molecular complexity index is 272. The van der Waals surface area contributed by atoms with E-state index in [0.29, 0.717) is 0 Å². The van der Waals surface area contributed by atoms with Gasteiger partial charge in [0, 0.05) is 12.4 Å². The number of allylic oxidation sites excluding steroid dienone is 3. The molecular formula is C12H19NO2. The van der Waals surface area contributed by atoms with Crippen molar-refractivity contribution in [2.75, 3.05) is 0 Å². The van der Waals surface area contributed by atoms with Crippen LogP contribution in [-0.2, 0) is 4.74 Å². The summed E-state index contributed by atoms with van der Waals surface area (Å²) in [6.45, 7) is 10.9. The first-order valence-corrected chi connectivity index (χ1v) is 4.84. The van der Waals surface area contributed by atoms with Crippen LogP contribution in [0.4, 0.5) is 4.79 Å². The fourth-order valence-corrected chi connectivity index (χ4v) is 0.800. The van der Waals surface area contributed by atoms with Crippen LogP contribution in [0, 0.1) is 0 Å². The highest BCUT2D eigenvalue weighted by atomic mass is 16.6. The van der Waals surface area contributed by atoms with Gasteiger partial charge in [-0.15, -0.1) is 0 Å². The molecule has 0 rings (SSSR count). The van der Waals surface area contributed by atoms with E-state index >= 15 is 0 Å². The Balaban J connectivity index is 4.56. The van der Waals surface area contributed by atoms with Crippen LogP contribution >= 0.6 is 0 Å². The molecule has 0 aliphatic heterocycles. The zero-order valence-electron chi connectivity index (χ0n) is 9.86. The van der Waals surface area contributed by atoms with Gasteiger partial charge in [-0.05, 0) is 33.8 Å². The number of hydrogen-bond donors (Lipinski definition) is 0. The minimum absolute atomic E-state index is 0.404. The molecule has 0 aromatic rings. The van der Waals surface area contributed by atoms with E-state index in [9.17, 15) is 4.79 Å². The Morgan fingerprint density at radius 3 is 2.33 bits per heavy atom. The molecule has 3 heteroatoms. The summed E-state index contributed by atoms with van der Waals surface area (Å²) in [6, 6.07) is 0. The number of rotatable bonds is 3. The molecule has 0 radical (unpaired) electrons. The lowest BCUT2D eigenvalue weighted by Crippen LogP contribution is -2.30. The van der Waals surface area contributed by atoms with Crippen LogP contribution in [0.1, 0.15) is 27.7 Å². The highest BCUT2D eigenvalue weighted by Gasteiger charge is 2.18. The van der Waals surface area contributed by atoms with Crippen LogP contribution in [0.3, 0.4) is 0 Å². The fraction of sp³-hybridized carbons (Fsp3) is 0.417. The van der Waals surface area contributed by atoms with Gasteiger partial charge in [0.2, 0.25) is 0 Å². The average molecular weight is 209 g/mol. The molecular weight excluding hydrogens is 190 g/mol. The van der Waals surface area contributed by atoms with E-state index in [4.69, 9.17) is 4.74 Å². The predicted octanol–water partition coefficient (Wildman–Crippen LogP) is 3.46. The van der Waals surface area contributed by atoms with Gasteiger partial charge in [-0.25, -0.2) is 4.79 Å². The molecule has 3 nitrogen and oxygen atoms in total. The van der Waals surface area contributed by atoms with E-state index in [2.05, 4.69) is 6.58 Å². The van der Waals surface area contributed by atoms with Crippen LogP contribution < -0.4 is 0 Å². The molecule has 0 aliphatic carbocycles. The van der Waals surface area contributed by atoms with Gasteiger partial charge in [0.25, 0.3) is 0 Å². The van der Waals surface area contributed by atoms with Gasteiger partial charge in [-0.2, -0.15) is 0 Å². The van der Waals surface area contributed by atoms with Crippen molar-refractivity contribution in [3.63, 3.8) is 0 Å².